The number of unbranched alkanes of at least 4 members (excludes halogenated alkanes) is 7. The molecule has 23 heavy (non-hydrogen) atoms. The highest BCUT2D eigenvalue weighted by atomic mass is 32.2. The van der Waals surface area contributed by atoms with Gasteiger partial charge in [-0.25, -0.2) is 9.59 Å². The molecule has 0 unspecified atom stereocenters. The summed E-state index contributed by atoms with van der Waals surface area (Å²) in [5.74, 6) is 0.303. The average Bonchev–Trinajstić information content (AvgIpc) is 2.51. The molecule has 0 aromatic carbocycles. The maximum atomic E-state index is 11.1. The third-order valence-corrected chi connectivity index (χ3v) is 5.04. The summed E-state index contributed by atoms with van der Waals surface area (Å²) in [4.78, 5) is 21.9. The summed E-state index contributed by atoms with van der Waals surface area (Å²) >= 11 is 2.05. The van der Waals surface area contributed by atoms with Crippen LogP contribution in [0.3, 0.4) is 0 Å². The normalized spacial score (nSPS) is 12.1. The Morgan fingerprint density at radius 2 is 1.30 bits per heavy atom. The Labute approximate surface area is 144 Å². The number of hydrogen-bond acceptors (Lipinski definition) is 3. The van der Waals surface area contributed by atoms with Gasteiger partial charge in [0.05, 0.1) is 0 Å². The maximum absolute atomic E-state index is 11.1. The van der Waals surface area contributed by atoms with Crippen LogP contribution >= 0.6 is 11.8 Å². The Kier molecular flexibility index (Phi) is 14.0. The molecule has 2 N–H and O–H groups in total. The van der Waals surface area contributed by atoms with Crippen molar-refractivity contribution in [2.45, 2.75) is 78.1 Å². The van der Waals surface area contributed by atoms with Crippen molar-refractivity contribution in [3.63, 3.8) is 0 Å². The third-order valence-electron chi connectivity index (χ3n) is 3.89. The van der Waals surface area contributed by atoms with Gasteiger partial charge in [0.1, 0.15) is 0 Å². The Hall–Kier alpha value is -0.970. The van der Waals surface area contributed by atoms with Crippen molar-refractivity contribution in [3.05, 3.63) is 11.1 Å². The molecule has 0 aliphatic carbocycles. The molecular weight excluding hydrogens is 312 g/mol. The molecule has 0 rings (SSSR count). The van der Waals surface area contributed by atoms with E-state index < -0.39 is 11.9 Å². The SMILES string of the molecule is CCCCSCCCCCCCCC/C(C(=O)O)=C(\C)C(=O)O. The number of carboxylic acids is 2. The molecule has 5 heteroatoms. The van der Waals surface area contributed by atoms with E-state index in [1.54, 1.807) is 0 Å². The molecule has 134 valence electrons. The summed E-state index contributed by atoms with van der Waals surface area (Å²) in [7, 11) is 0. The number of hydrogen-bond donors (Lipinski definition) is 2. The van der Waals surface area contributed by atoms with Gasteiger partial charge >= 0.3 is 11.9 Å². The van der Waals surface area contributed by atoms with E-state index in [9.17, 15) is 9.59 Å². The maximum Gasteiger partial charge on any atom is 0.332 e. The van der Waals surface area contributed by atoms with Crippen LogP contribution in [0, 0.1) is 0 Å². The summed E-state index contributed by atoms with van der Waals surface area (Å²) in [5, 5.41) is 17.9. The van der Waals surface area contributed by atoms with Crippen molar-refractivity contribution in [2.75, 3.05) is 11.5 Å². The Balaban J connectivity index is 3.60. The lowest BCUT2D eigenvalue weighted by Gasteiger charge is -2.06. The molecule has 0 aliphatic rings. The van der Waals surface area contributed by atoms with Gasteiger partial charge < -0.3 is 10.2 Å². The molecule has 0 fully saturated rings. The molecule has 0 saturated heterocycles. The second kappa shape index (κ2) is 14.6. The van der Waals surface area contributed by atoms with Crippen molar-refractivity contribution < 1.29 is 19.8 Å². The molecule has 0 aromatic heterocycles. The molecule has 0 aromatic rings. The zero-order chi connectivity index (χ0) is 17.5. The Morgan fingerprint density at radius 3 is 1.83 bits per heavy atom. The molecule has 0 bridgehead atoms. The highest BCUT2D eigenvalue weighted by Crippen LogP contribution is 2.16. The van der Waals surface area contributed by atoms with Gasteiger partial charge in [-0.2, -0.15) is 11.8 Å². The van der Waals surface area contributed by atoms with Gasteiger partial charge in [0, 0.05) is 11.1 Å². The van der Waals surface area contributed by atoms with E-state index in [1.165, 1.54) is 57.0 Å². The molecule has 0 radical (unpaired) electrons. The molecule has 0 atom stereocenters. The molecule has 0 aliphatic heterocycles. The fourth-order valence-corrected chi connectivity index (χ4v) is 3.43. The number of thioether (sulfide) groups is 1. The van der Waals surface area contributed by atoms with E-state index in [0.717, 1.165) is 19.3 Å². The number of aliphatic carboxylic acids is 2. The van der Waals surface area contributed by atoms with Crippen molar-refractivity contribution >= 4 is 23.7 Å². The van der Waals surface area contributed by atoms with Crippen molar-refractivity contribution in [3.8, 4) is 0 Å². The highest BCUT2D eigenvalue weighted by Gasteiger charge is 2.15. The first-order valence-corrected chi connectivity index (χ1v) is 9.90. The first kappa shape index (κ1) is 22.0. The molecule has 0 amide bonds. The van der Waals surface area contributed by atoms with E-state index >= 15 is 0 Å². The largest absolute Gasteiger partial charge is 0.478 e. The quantitative estimate of drug-likeness (QED) is 0.318. The zero-order valence-electron chi connectivity index (χ0n) is 14.6. The lowest BCUT2D eigenvalue weighted by Crippen LogP contribution is -2.09. The van der Waals surface area contributed by atoms with Crippen LogP contribution in [0.4, 0.5) is 0 Å². The van der Waals surface area contributed by atoms with E-state index in [2.05, 4.69) is 18.7 Å². The van der Waals surface area contributed by atoms with Crippen molar-refractivity contribution in [1.82, 2.24) is 0 Å². The second-order valence-electron chi connectivity index (χ2n) is 5.90. The first-order valence-electron chi connectivity index (χ1n) is 8.74. The number of rotatable bonds is 15. The predicted octanol–water partition coefficient (Wildman–Crippen LogP) is 5.13. The van der Waals surface area contributed by atoms with Crippen LogP contribution in [0.15, 0.2) is 11.1 Å². The standard InChI is InChI=1S/C18H32O4S/c1-3-4-13-23-14-11-9-7-5-6-8-10-12-16(18(21)22)15(2)17(19)20/h3-14H2,1-2H3,(H,19,20)(H,21,22)/b16-15-. The summed E-state index contributed by atoms with van der Waals surface area (Å²) in [5.41, 5.74) is -0.000299. The average molecular weight is 345 g/mol. The molecular formula is C18H32O4S. The van der Waals surface area contributed by atoms with Gasteiger partial charge in [-0.15, -0.1) is 0 Å². The molecule has 0 heterocycles. The lowest BCUT2D eigenvalue weighted by molar-refractivity contribution is -0.136. The van der Waals surface area contributed by atoms with Gasteiger partial charge in [-0.3, -0.25) is 0 Å². The van der Waals surface area contributed by atoms with Crippen LogP contribution < -0.4 is 0 Å². The number of carbonyl (C=O) groups is 2. The van der Waals surface area contributed by atoms with Crippen LogP contribution in [-0.2, 0) is 9.59 Å². The van der Waals surface area contributed by atoms with E-state index in [1.807, 2.05) is 0 Å². The summed E-state index contributed by atoms with van der Waals surface area (Å²) in [6.45, 7) is 3.59. The van der Waals surface area contributed by atoms with Gasteiger partial charge in [0.15, 0.2) is 0 Å². The third kappa shape index (κ3) is 12.2. The fraction of sp³-hybridized carbons (Fsp3) is 0.778. The molecule has 0 spiro atoms. The molecule has 4 nitrogen and oxygen atoms in total. The van der Waals surface area contributed by atoms with Crippen LogP contribution in [0.5, 0.6) is 0 Å². The van der Waals surface area contributed by atoms with Crippen molar-refractivity contribution in [1.29, 1.82) is 0 Å². The number of carboxylic acid groups (broad SMARTS) is 2. The Bertz CT molecular complexity index is 377. The van der Waals surface area contributed by atoms with Crippen LogP contribution in [0.1, 0.15) is 78.1 Å². The minimum absolute atomic E-state index is 0.0432. The summed E-state index contributed by atoms with van der Waals surface area (Å²) < 4.78 is 0. The van der Waals surface area contributed by atoms with Gasteiger partial charge in [0.2, 0.25) is 0 Å². The highest BCUT2D eigenvalue weighted by molar-refractivity contribution is 7.99. The smallest absolute Gasteiger partial charge is 0.332 e. The van der Waals surface area contributed by atoms with E-state index in [0.29, 0.717) is 6.42 Å². The fourth-order valence-electron chi connectivity index (χ4n) is 2.32. The first-order chi connectivity index (χ1) is 11.0. The van der Waals surface area contributed by atoms with Crippen LogP contribution in [-0.4, -0.2) is 33.7 Å². The zero-order valence-corrected chi connectivity index (χ0v) is 15.4. The van der Waals surface area contributed by atoms with Gasteiger partial charge in [0.25, 0.3) is 0 Å². The minimum atomic E-state index is -1.14. The lowest BCUT2D eigenvalue weighted by atomic mass is 10.0. The Morgan fingerprint density at radius 1 is 0.783 bits per heavy atom. The summed E-state index contributed by atoms with van der Waals surface area (Å²) in [6.07, 6.45) is 10.7. The van der Waals surface area contributed by atoms with Gasteiger partial charge in [-0.1, -0.05) is 45.4 Å². The van der Waals surface area contributed by atoms with Crippen LogP contribution in [0.2, 0.25) is 0 Å². The minimum Gasteiger partial charge on any atom is -0.478 e. The monoisotopic (exact) mass is 344 g/mol. The van der Waals surface area contributed by atoms with Gasteiger partial charge in [-0.05, 0) is 44.1 Å². The second-order valence-corrected chi connectivity index (χ2v) is 7.13. The topological polar surface area (TPSA) is 74.6 Å². The summed E-state index contributed by atoms with van der Waals surface area (Å²) in [6, 6.07) is 0. The molecule has 0 saturated carbocycles. The van der Waals surface area contributed by atoms with E-state index in [-0.39, 0.29) is 11.1 Å². The van der Waals surface area contributed by atoms with Crippen LogP contribution in [0.25, 0.3) is 0 Å². The van der Waals surface area contributed by atoms with Crippen molar-refractivity contribution in [2.24, 2.45) is 0 Å². The van der Waals surface area contributed by atoms with E-state index in [4.69, 9.17) is 10.2 Å². The predicted molar refractivity (Wildman–Crippen MR) is 97.1 cm³/mol.